The number of fused-ring (bicyclic) bond motifs is 1. The Hall–Kier alpha value is -1.16. The van der Waals surface area contributed by atoms with Gasteiger partial charge in [-0.3, -0.25) is 0 Å². The van der Waals surface area contributed by atoms with Crippen molar-refractivity contribution in [3.63, 3.8) is 0 Å². The quantitative estimate of drug-likeness (QED) is 0.762. The Bertz CT molecular complexity index is 514. The average Bonchev–Trinajstić information content (AvgIpc) is 2.35. The van der Waals surface area contributed by atoms with E-state index in [1.807, 2.05) is 30.3 Å². The van der Waals surface area contributed by atoms with E-state index in [2.05, 4.69) is 15.9 Å². The molecule has 0 aliphatic rings. The van der Waals surface area contributed by atoms with Gasteiger partial charge in [0, 0.05) is 10.9 Å². The monoisotopic (exact) mass is 300 g/mol. The van der Waals surface area contributed by atoms with Gasteiger partial charge in [-0.25, -0.2) is 8.78 Å². The maximum Gasteiger partial charge on any atom is 0.272 e. The Labute approximate surface area is 107 Å². The smallest absolute Gasteiger partial charge is 0.272 e. The first-order valence-corrected chi connectivity index (χ1v) is 6.32. The molecule has 0 N–H and O–H groups in total. The molecule has 0 unspecified atom stereocenters. The van der Waals surface area contributed by atoms with Gasteiger partial charge in [-0.1, -0.05) is 46.3 Å². The highest BCUT2D eigenvalue weighted by Crippen LogP contribution is 2.30. The van der Waals surface area contributed by atoms with Crippen LogP contribution in [0, 0.1) is 0 Å². The SMILES string of the molecule is FC(F)COc1ccc2ccccc2c1CBr. The van der Waals surface area contributed by atoms with Gasteiger partial charge in [0.05, 0.1) is 0 Å². The van der Waals surface area contributed by atoms with Crippen LogP contribution in [0.15, 0.2) is 36.4 Å². The van der Waals surface area contributed by atoms with Gasteiger partial charge in [0.1, 0.15) is 12.4 Å². The summed E-state index contributed by atoms with van der Waals surface area (Å²) in [5.41, 5.74) is 0.906. The summed E-state index contributed by atoms with van der Waals surface area (Å²) in [5.74, 6) is 0.515. The van der Waals surface area contributed by atoms with Crippen LogP contribution in [0.2, 0.25) is 0 Å². The van der Waals surface area contributed by atoms with E-state index in [0.717, 1.165) is 16.3 Å². The first kappa shape index (κ1) is 12.3. The number of halogens is 3. The van der Waals surface area contributed by atoms with Crippen molar-refractivity contribution in [2.24, 2.45) is 0 Å². The van der Waals surface area contributed by atoms with Crippen molar-refractivity contribution in [2.75, 3.05) is 6.61 Å². The Balaban J connectivity index is 2.42. The van der Waals surface area contributed by atoms with E-state index < -0.39 is 13.0 Å². The van der Waals surface area contributed by atoms with E-state index in [9.17, 15) is 8.78 Å². The minimum absolute atomic E-state index is 0.515. The van der Waals surface area contributed by atoms with Crippen LogP contribution in [0.5, 0.6) is 5.75 Å². The van der Waals surface area contributed by atoms with Crippen LogP contribution in [-0.4, -0.2) is 13.0 Å². The fourth-order valence-electron chi connectivity index (χ4n) is 1.74. The lowest BCUT2D eigenvalue weighted by atomic mass is 10.0. The normalized spacial score (nSPS) is 11.1. The lowest BCUT2D eigenvalue weighted by Crippen LogP contribution is -2.08. The van der Waals surface area contributed by atoms with Crippen molar-refractivity contribution in [3.05, 3.63) is 42.0 Å². The fraction of sp³-hybridized carbons (Fsp3) is 0.231. The third-order valence-electron chi connectivity index (χ3n) is 2.50. The largest absolute Gasteiger partial charge is 0.487 e. The highest BCUT2D eigenvalue weighted by atomic mass is 79.9. The van der Waals surface area contributed by atoms with E-state index in [1.165, 1.54) is 0 Å². The summed E-state index contributed by atoms with van der Waals surface area (Å²) in [5, 5.41) is 2.68. The van der Waals surface area contributed by atoms with Gasteiger partial charge in [0.25, 0.3) is 6.43 Å². The van der Waals surface area contributed by atoms with Gasteiger partial charge < -0.3 is 4.74 Å². The molecule has 4 heteroatoms. The van der Waals surface area contributed by atoms with Crippen LogP contribution in [-0.2, 0) is 5.33 Å². The number of ether oxygens (including phenoxy) is 1. The molecule has 0 amide bonds. The predicted octanol–water partition coefficient (Wildman–Crippen LogP) is 4.38. The summed E-state index contributed by atoms with van der Waals surface area (Å²) in [4.78, 5) is 0. The van der Waals surface area contributed by atoms with Crippen LogP contribution in [0.25, 0.3) is 10.8 Å². The Morgan fingerprint density at radius 3 is 2.59 bits per heavy atom. The van der Waals surface area contributed by atoms with E-state index in [4.69, 9.17) is 4.74 Å². The molecule has 0 spiro atoms. The molecule has 1 nitrogen and oxygen atoms in total. The van der Waals surface area contributed by atoms with Crippen molar-refractivity contribution < 1.29 is 13.5 Å². The zero-order valence-corrected chi connectivity index (χ0v) is 10.6. The van der Waals surface area contributed by atoms with Crippen molar-refractivity contribution in [1.82, 2.24) is 0 Å². The molecule has 0 fully saturated rings. The molecule has 0 saturated heterocycles. The van der Waals surface area contributed by atoms with Crippen molar-refractivity contribution >= 4 is 26.7 Å². The maximum atomic E-state index is 12.1. The summed E-state index contributed by atoms with van der Waals surface area (Å²) in [7, 11) is 0. The second-order valence-electron chi connectivity index (χ2n) is 3.60. The molecule has 90 valence electrons. The molecule has 0 aliphatic carbocycles. The molecule has 2 rings (SSSR count). The molecule has 0 heterocycles. The van der Waals surface area contributed by atoms with Gasteiger partial charge >= 0.3 is 0 Å². The molecule has 2 aromatic carbocycles. The number of rotatable bonds is 4. The number of alkyl halides is 3. The molecule has 0 radical (unpaired) electrons. The van der Waals surface area contributed by atoms with Gasteiger partial charge in [0.2, 0.25) is 0 Å². The molecule has 0 atom stereocenters. The lowest BCUT2D eigenvalue weighted by molar-refractivity contribution is 0.0816. The lowest BCUT2D eigenvalue weighted by Gasteiger charge is -2.12. The Morgan fingerprint density at radius 1 is 1.12 bits per heavy atom. The standard InChI is InChI=1S/C13H11BrF2O/c14-7-11-10-4-2-1-3-9(10)5-6-12(11)17-8-13(15)16/h1-6,13H,7-8H2. The van der Waals surface area contributed by atoms with Crippen LogP contribution in [0.4, 0.5) is 8.78 Å². The third-order valence-corrected chi connectivity index (χ3v) is 3.06. The highest BCUT2D eigenvalue weighted by molar-refractivity contribution is 9.08. The third kappa shape index (κ3) is 2.75. The topological polar surface area (TPSA) is 9.23 Å². The maximum absolute atomic E-state index is 12.1. The summed E-state index contributed by atoms with van der Waals surface area (Å²) < 4.78 is 29.4. The highest BCUT2D eigenvalue weighted by Gasteiger charge is 2.10. The Kier molecular flexibility index (Phi) is 3.94. The average molecular weight is 301 g/mol. The van der Waals surface area contributed by atoms with E-state index in [0.29, 0.717) is 11.1 Å². The van der Waals surface area contributed by atoms with Crippen molar-refractivity contribution in [2.45, 2.75) is 11.8 Å². The zero-order valence-electron chi connectivity index (χ0n) is 9.00. The second kappa shape index (κ2) is 5.45. The van der Waals surface area contributed by atoms with Gasteiger partial charge in [-0.15, -0.1) is 0 Å². The first-order valence-electron chi connectivity index (χ1n) is 5.20. The molecule has 0 aliphatic heterocycles. The summed E-state index contributed by atoms with van der Waals surface area (Å²) in [6.07, 6.45) is -2.45. The van der Waals surface area contributed by atoms with Crippen LogP contribution in [0.1, 0.15) is 5.56 Å². The van der Waals surface area contributed by atoms with E-state index in [1.54, 1.807) is 6.07 Å². The van der Waals surface area contributed by atoms with Crippen molar-refractivity contribution in [1.29, 1.82) is 0 Å². The molecule has 17 heavy (non-hydrogen) atoms. The fourth-order valence-corrected chi connectivity index (χ4v) is 2.32. The first-order chi connectivity index (χ1) is 8.22. The summed E-state index contributed by atoms with van der Waals surface area (Å²) in [6.45, 7) is -0.571. The molecule has 0 saturated carbocycles. The van der Waals surface area contributed by atoms with E-state index in [-0.39, 0.29) is 0 Å². The van der Waals surface area contributed by atoms with Crippen molar-refractivity contribution in [3.8, 4) is 5.75 Å². The number of hydrogen-bond acceptors (Lipinski definition) is 1. The van der Waals surface area contributed by atoms with E-state index >= 15 is 0 Å². The minimum Gasteiger partial charge on any atom is -0.487 e. The summed E-state index contributed by atoms with van der Waals surface area (Å²) in [6, 6.07) is 11.4. The molecular weight excluding hydrogens is 290 g/mol. The predicted molar refractivity (Wildman–Crippen MR) is 68.1 cm³/mol. The Morgan fingerprint density at radius 2 is 1.88 bits per heavy atom. The van der Waals surface area contributed by atoms with Crippen LogP contribution < -0.4 is 4.74 Å². The molecule has 2 aromatic rings. The summed E-state index contributed by atoms with van der Waals surface area (Å²) >= 11 is 3.37. The molecule has 0 aromatic heterocycles. The zero-order chi connectivity index (χ0) is 12.3. The van der Waals surface area contributed by atoms with Gasteiger partial charge in [-0.2, -0.15) is 0 Å². The number of hydrogen-bond donors (Lipinski definition) is 0. The number of benzene rings is 2. The van der Waals surface area contributed by atoms with Crippen LogP contribution >= 0.6 is 15.9 Å². The van der Waals surface area contributed by atoms with Crippen LogP contribution in [0.3, 0.4) is 0 Å². The van der Waals surface area contributed by atoms with Gasteiger partial charge in [-0.05, 0) is 16.8 Å². The molecule has 0 bridgehead atoms. The van der Waals surface area contributed by atoms with Gasteiger partial charge in [0.15, 0.2) is 0 Å². The second-order valence-corrected chi connectivity index (χ2v) is 4.16. The minimum atomic E-state index is -2.45. The molecular formula is C13H11BrF2O.